The first kappa shape index (κ1) is 24.4. The number of amides is 1. The van der Waals surface area contributed by atoms with Crippen LogP contribution in [-0.2, 0) is 21.4 Å². The molecule has 1 aliphatic heterocycles. The molecule has 1 heterocycles. The van der Waals surface area contributed by atoms with E-state index in [1.807, 2.05) is 49.4 Å². The summed E-state index contributed by atoms with van der Waals surface area (Å²) in [6.45, 7) is 5.28. The maximum atomic E-state index is 13.7. The van der Waals surface area contributed by atoms with Crippen molar-refractivity contribution in [2.45, 2.75) is 32.2 Å². The van der Waals surface area contributed by atoms with Crippen molar-refractivity contribution < 1.29 is 22.7 Å². The van der Waals surface area contributed by atoms with Gasteiger partial charge in [-0.3, -0.25) is 4.79 Å². The SMILES string of the molecule is Cc1cc(C)c(S(=O)(=O)N(CC(=O)N/N=C\c2ccc3c(c2)OCO3)Cc2ccccc2)c(C)c1. The summed E-state index contributed by atoms with van der Waals surface area (Å²) in [6.07, 6.45) is 1.46. The van der Waals surface area contributed by atoms with Crippen LogP contribution in [0.1, 0.15) is 27.8 Å². The molecule has 0 atom stereocenters. The van der Waals surface area contributed by atoms with Crippen molar-refractivity contribution in [2.24, 2.45) is 5.10 Å². The van der Waals surface area contributed by atoms with Crippen LogP contribution in [0.2, 0.25) is 0 Å². The van der Waals surface area contributed by atoms with Gasteiger partial charge in [0.2, 0.25) is 16.8 Å². The molecule has 1 aliphatic rings. The number of sulfonamides is 1. The van der Waals surface area contributed by atoms with Gasteiger partial charge in [0.25, 0.3) is 5.91 Å². The highest BCUT2D eigenvalue weighted by atomic mass is 32.2. The molecule has 0 spiro atoms. The Morgan fingerprint density at radius 3 is 2.40 bits per heavy atom. The molecule has 1 amide bonds. The first-order chi connectivity index (χ1) is 16.7. The van der Waals surface area contributed by atoms with Gasteiger partial charge in [-0.2, -0.15) is 9.41 Å². The normalized spacial score (nSPS) is 12.9. The number of benzene rings is 3. The highest BCUT2D eigenvalue weighted by Crippen LogP contribution is 2.32. The zero-order valence-electron chi connectivity index (χ0n) is 19.8. The molecule has 0 aliphatic carbocycles. The van der Waals surface area contributed by atoms with Crippen molar-refractivity contribution in [3.8, 4) is 11.5 Å². The summed E-state index contributed by atoms with van der Waals surface area (Å²) in [5, 5.41) is 3.99. The predicted octanol–water partition coefficient (Wildman–Crippen LogP) is 3.68. The van der Waals surface area contributed by atoms with Crippen LogP contribution in [-0.4, -0.2) is 38.2 Å². The summed E-state index contributed by atoms with van der Waals surface area (Å²) in [6, 6.07) is 18.1. The lowest BCUT2D eigenvalue weighted by Gasteiger charge is -2.24. The first-order valence-corrected chi connectivity index (χ1v) is 12.5. The van der Waals surface area contributed by atoms with Gasteiger partial charge in [0, 0.05) is 6.54 Å². The largest absolute Gasteiger partial charge is 0.454 e. The van der Waals surface area contributed by atoms with E-state index in [9.17, 15) is 13.2 Å². The van der Waals surface area contributed by atoms with Gasteiger partial charge in [-0.15, -0.1) is 0 Å². The number of hydrazone groups is 1. The van der Waals surface area contributed by atoms with E-state index < -0.39 is 15.9 Å². The van der Waals surface area contributed by atoms with Crippen LogP contribution < -0.4 is 14.9 Å². The van der Waals surface area contributed by atoms with Crippen LogP contribution in [0, 0.1) is 20.8 Å². The molecule has 3 aromatic rings. The fraction of sp³-hybridized carbons (Fsp3) is 0.231. The highest BCUT2D eigenvalue weighted by molar-refractivity contribution is 7.89. The zero-order chi connectivity index (χ0) is 25.0. The minimum atomic E-state index is -3.97. The fourth-order valence-corrected chi connectivity index (χ4v) is 5.88. The Morgan fingerprint density at radius 1 is 1.00 bits per heavy atom. The molecule has 4 rings (SSSR count). The quantitative estimate of drug-likeness (QED) is 0.381. The van der Waals surface area contributed by atoms with Crippen molar-refractivity contribution in [2.75, 3.05) is 13.3 Å². The minimum Gasteiger partial charge on any atom is -0.454 e. The van der Waals surface area contributed by atoms with E-state index in [0.29, 0.717) is 28.2 Å². The van der Waals surface area contributed by atoms with E-state index in [4.69, 9.17) is 9.47 Å². The van der Waals surface area contributed by atoms with Crippen LogP contribution in [0.15, 0.2) is 70.7 Å². The molecule has 1 N–H and O–H groups in total. The highest BCUT2D eigenvalue weighted by Gasteiger charge is 2.30. The Morgan fingerprint density at radius 2 is 1.69 bits per heavy atom. The zero-order valence-corrected chi connectivity index (χ0v) is 20.6. The molecule has 0 unspecified atom stereocenters. The molecular weight excluding hydrogens is 466 g/mol. The molecule has 182 valence electrons. The van der Waals surface area contributed by atoms with Gasteiger partial charge < -0.3 is 9.47 Å². The third kappa shape index (κ3) is 5.70. The van der Waals surface area contributed by atoms with Crippen molar-refractivity contribution in [1.29, 1.82) is 0 Å². The molecule has 0 saturated carbocycles. The molecule has 0 aromatic heterocycles. The van der Waals surface area contributed by atoms with Crippen LogP contribution in [0.3, 0.4) is 0 Å². The summed E-state index contributed by atoms with van der Waals surface area (Å²) in [7, 11) is -3.97. The molecule has 8 nitrogen and oxygen atoms in total. The average molecular weight is 494 g/mol. The number of fused-ring (bicyclic) bond motifs is 1. The molecule has 35 heavy (non-hydrogen) atoms. The molecule has 3 aromatic carbocycles. The molecular formula is C26H27N3O5S. The number of nitrogens with one attached hydrogen (secondary N) is 1. The molecule has 9 heteroatoms. The van der Waals surface area contributed by atoms with E-state index in [-0.39, 0.29) is 24.8 Å². The molecule has 0 radical (unpaired) electrons. The second-order valence-corrected chi connectivity index (χ2v) is 10.3. The lowest BCUT2D eigenvalue weighted by Crippen LogP contribution is -2.39. The number of ether oxygens (including phenoxy) is 2. The van der Waals surface area contributed by atoms with Crippen molar-refractivity contribution in [3.05, 3.63) is 88.5 Å². The number of aryl methyl sites for hydroxylation is 3. The topological polar surface area (TPSA) is 97.3 Å². The lowest BCUT2D eigenvalue weighted by molar-refractivity contribution is -0.121. The van der Waals surface area contributed by atoms with E-state index >= 15 is 0 Å². The van der Waals surface area contributed by atoms with E-state index in [0.717, 1.165) is 11.1 Å². The van der Waals surface area contributed by atoms with Crippen LogP contribution in [0.4, 0.5) is 0 Å². The van der Waals surface area contributed by atoms with Crippen molar-refractivity contribution in [3.63, 3.8) is 0 Å². The van der Waals surface area contributed by atoms with E-state index in [1.165, 1.54) is 10.5 Å². The van der Waals surface area contributed by atoms with Gasteiger partial charge in [-0.1, -0.05) is 48.0 Å². The molecule has 0 saturated heterocycles. The number of rotatable bonds is 8. The lowest BCUT2D eigenvalue weighted by atomic mass is 10.1. The van der Waals surface area contributed by atoms with E-state index in [2.05, 4.69) is 10.5 Å². The van der Waals surface area contributed by atoms with Gasteiger partial charge in [0.1, 0.15) is 0 Å². The van der Waals surface area contributed by atoms with Gasteiger partial charge in [0.15, 0.2) is 11.5 Å². The Hall–Kier alpha value is -3.69. The number of nitrogens with zero attached hydrogens (tertiary/aromatic N) is 2. The van der Waals surface area contributed by atoms with Crippen molar-refractivity contribution >= 4 is 22.1 Å². The van der Waals surface area contributed by atoms with Crippen LogP contribution in [0.25, 0.3) is 0 Å². The minimum absolute atomic E-state index is 0.0508. The Kier molecular flexibility index (Phi) is 7.18. The smallest absolute Gasteiger partial charge is 0.255 e. The summed E-state index contributed by atoms with van der Waals surface area (Å²) < 4.78 is 39.2. The van der Waals surface area contributed by atoms with Crippen LogP contribution >= 0.6 is 0 Å². The summed E-state index contributed by atoms with van der Waals surface area (Å²) in [4.78, 5) is 13.0. The second-order valence-electron chi connectivity index (χ2n) is 8.39. The van der Waals surface area contributed by atoms with Gasteiger partial charge >= 0.3 is 0 Å². The summed E-state index contributed by atoms with van der Waals surface area (Å²) in [5.41, 5.74) is 6.16. The maximum Gasteiger partial charge on any atom is 0.255 e. The van der Waals surface area contributed by atoms with Crippen molar-refractivity contribution in [1.82, 2.24) is 9.73 Å². The predicted molar refractivity (Wildman–Crippen MR) is 133 cm³/mol. The third-order valence-electron chi connectivity index (χ3n) is 5.52. The maximum absolute atomic E-state index is 13.7. The number of hydrogen-bond donors (Lipinski definition) is 1. The van der Waals surface area contributed by atoms with Gasteiger partial charge in [-0.05, 0) is 61.2 Å². The number of carbonyl (C=O) groups excluding carboxylic acids is 1. The average Bonchev–Trinajstić information content (AvgIpc) is 3.26. The summed E-state index contributed by atoms with van der Waals surface area (Å²) >= 11 is 0. The standard InChI is InChI=1S/C26H27N3O5S/c1-18-11-19(2)26(20(3)12-18)35(31,32)29(15-21-7-5-4-6-8-21)16-25(30)28-27-14-22-9-10-23-24(13-22)34-17-33-23/h4-14H,15-17H2,1-3H3,(H,28,30)/b27-14-. The number of hydrogen-bond acceptors (Lipinski definition) is 6. The third-order valence-corrected chi connectivity index (χ3v) is 7.62. The van der Waals surface area contributed by atoms with E-state index in [1.54, 1.807) is 32.0 Å². The van der Waals surface area contributed by atoms with Crippen LogP contribution in [0.5, 0.6) is 11.5 Å². The van der Waals surface area contributed by atoms with Gasteiger partial charge in [-0.25, -0.2) is 13.8 Å². The molecule has 0 fully saturated rings. The second kappa shape index (κ2) is 10.3. The van der Waals surface area contributed by atoms with Gasteiger partial charge in [0.05, 0.1) is 17.7 Å². The molecule has 0 bridgehead atoms. The first-order valence-electron chi connectivity index (χ1n) is 11.1. The number of carbonyl (C=O) groups is 1. The monoisotopic (exact) mass is 493 g/mol. The summed E-state index contributed by atoms with van der Waals surface area (Å²) in [5.74, 6) is 0.697. The Bertz CT molecular complexity index is 1350. The Balaban J connectivity index is 1.54. The fourth-order valence-electron chi connectivity index (χ4n) is 4.08. The Labute approximate surface area is 205 Å².